The maximum Gasteiger partial charge on any atom is 0.322 e. The number of aliphatic carboxylic acids is 1. The number of hydrogen-bond donors (Lipinski definition) is 10. The van der Waals surface area contributed by atoms with Crippen LogP contribution < -0.4 is 38.1 Å². The molecule has 5 rings (SSSR count). The number of carboxylic acids is 1. The van der Waals surface area contributed by atoms with E-state index in [9.17, 15) is 53.7 Å². The molecule has 0 saturated carbocycles. The fourth-order valence-corrected chi connectivity index (χ4v) is 8.23. The highest BCUT2D eigenvalue weighted by Crippen LogP contribution is 2.21. The molecule has 1 saturated heterocycles. The minimum atomic E-state index is -1.61. The summed E-state index contributed by atoms with van der Waals surface area (Å²) in [5, 5.41) is 43.0. The van der Waals surface area contributed by atoms with Crippen LogP contribution in [0.4, 0.5) is 0 Å². The molecule has 1 aliphatic heterocycles. The highest BCUT2D eigenvalue weighted by Gasteiger charge is 2.41. The second-order valence-corrected chi connectivity index (χ2v) is 18.0. The van der Waals surface area contributed by atoms with Crippen LogP contribution in [-0.4, -0.2) is 136 Å². The average Bonchev–Trinajstić information content (AvgIpc) is 3.89. The van der Waals surface area contributed by atoms with Gasteiger partial charge in [0.05, 0.1) is 24.9 Å². The van der Waals surface area contributed by atoms with Gasteiger partial charge in [0.2, 0.25) is 35.4 Å². The predicted octanol–water partition coefficient (Wildman–Crippen LogP) is 0.982. The topological polar surface area (TPSA) is 322 Å². The lowest BCUT2D eigenvalue weighted by atomic mass is 9.99. The van der Waals surface area contributed by atoms with Crippen molar-refractivity contribution in [2.24, 2.45) is 11.5 Å². The number of phenols is 1. The summed E-state index contributed by atoms with van der Waals surface area (Å²) < 4.78 is 5.92. The Hall–Kier alpha value is -7.52. The Morgan fingerprint density at radius 2 is 1.27 bits per heavy atom. The molecular weight excluding hydrogens is 941 g/mol. The number of unbranched alkanes of at least 4 members (excludes halogenated alkanes) is 1. The molecule has 1 heterocycles. The van der Waals surface area contributed by atoms with E-state index in [1.54, 1.807) is 84.9 Å². The largest absolute Gasteiger partial charge is 0.508 e. The normalized spacial score (nSPS) is 16.1. The highest BCUT2D eigenvalue weighted by molar-refractivity contribution is 6.09. The molecule has 0 radical (unpaired) electrons. The third-order valence-corrected chi connectivity index (χ3v) is 12.3. The number of carbonyl (C=O) groups excluding carboxylic acids is 7. The van der Waals surface area contributed by atoms with Gasteiger partial charge in [0.1, 0.15) is 42.5 Å². The molecule has 6 amide bonds. The van der Waals surface area contributed by atoms with Gasteiger partial charge in [-0.15, -0.1) is 0 Å². The van der Waals surface area contributed by atoms with Crippen molar-refractivity contribution in [1.82, 2.24) is 31.5 Å². The number of carbonyl (C=O) groups is 8. The summed E-state index contributed by atoms with van der Waals surface area (Å²) in [4.78, 5) is 109. The van der Waals surface area contributed by atoms with Gasteiger partial charge in [-0.2, -0.15) is 0 Å². The number of aliphatic hydroxyl groups is 1. The Morgan fingerprint density at radius 3 is 1.90 bits per heavy atom. The van der Waals surface area contributed by atoms with Crippen LogP contribution in [0.3, 0.4) is 0 Å². The molecule has 8 atom stereocenters. The Kier molecular flexibility index (Phi) is 21.6. The van der Waals surface area contributed by atoms with E-state index in [1.807, 2.05) is 12.1 Å². The van der Waals surface area contributed by atoms with Gasteiger partial charge in [-0.1, -0.05) is 97.1 Å². The Labute approximate surface area is 423 Å². The zero-order valence-electron chi connectivity index (χ0n) is 40.9. The van der Waals surface area contributed by atoms with Crippen LogP contribution in [-0.2, 0) is 57.7 Å². The molecule has 20 heteroatoms. The van der Waals surface area contributed by atoms with E-state index in [1.165, 1.54) is 30.9 Å². The van der Waals surface area contributed by atoms with Gasteiger partial charge >= 0.3 is 5.97 Å². The van der Waals surface area contributed by atoms with Crippen LogP contribution >= 0.6 is 0 Å². The Morgan fingerprint density at radius 1 is 0.685 bits per heavy atom. The summed E-state index contributed by atoms with van der Waals surface area (Å²) in [6.45, 7) is 2.48. The first kappa shape index (κ1) is 56.4. The van der Waals surface area contributed by atoms with Crippen LogP contribution in [0.15, 0.2) is 109 Å². The zero-order chi connectivity index (χ0) is 53.0. The number of nitrogens with one attached hydrogen (secondary N) is 5. The number of carboxylic acid groups (broad SMARTS) is 1. The SMILES string of the molecule is C[C@@H](O)[C@H](NC(=O)[C@H](Cc1ccc(O)cc1)NC(=O)[C@@H](N)Cc1ccc(C(=O)c2ccccc2)cc1)C(=O)N1CCC[C@H]1C(=O)N[C@@H](CCCCN)C(=O)N[C@H](C(=O)NCC(=O)O)[C@@H](C)OCc1ccccc1. The van der Waals surface area contributed by atoms with E-state index < -0.39 is 96.4 Å². The van der Waals surface area contributed by atoms with E-state index in [4.69, 9.17) is 16.2 Å². The van der Waals surface area contributed by atoms with Crippen molar-refractivity contribution >= 4 is 47.2 Å². The molecule has 390 valence electrons. The van der Waals surface area contributed by atoms with E-state index in [0.29, 0.717) is 41.5 Å². The Bertz CT molecular complexity index is 2500. The fraction of sp³-hybridized carbons (Fsp3) is 0.396. The lowest BCUT2D eigenvalue weighted by Gasteiger charge is -2.32. The molecule has 1 aliphatic rings. The van der Waals surface area contributed by atoms with Crippen molar-refractivity contribution in [3.8, 4) is 5.75 Å². The molecule has 0 bridgehead atoms. The van der Waals surface area contributed by atoms with Crippen molar-refractivity contribution in [3.05, 3.63) is 137 Å². The van der Waals surface area contributed by atoms with Crippen molar-refractivity contribution in [1.29, 1.82) is 0 Å². The van der Waals surface area contributed by atoms with Crippen LogP contribution in [0.25, 0.3) is 0 Å². The molecule has 12 N–H and O–H groups in total. The number of aromatic hydroxyl groups is 1. The summed E-state index contributed by atoms with van der Waals surface area (Å²) in [5.74, 6) is -6.27. The van der Waals surface area contributed by atoms with Crippen LogP contribution in [0.2, 0.25) is 0 Å². The number of hydrogen-bond acceptors (Lipinski definition) is 13. The molecule has 4 aromatic carbocycles. The molecule has 0 unspecified atom stereocenters. The highest BCUT2D eigenvalue weighted by atomic mass is 16.5. The molecule has 0 aromatic heterocycles. The molecule has 20 nitrogen and oxygen atoms in total. The number of rotatable bonds is 27. The number of ketones is 1. The van der Waals surface area contributed by atoms with Crippen LogP contribution in [0.5, 0.6) is 5.75 Å². The van der Waals surface area contributed by atoms with Gasteiger partial charge < -0.3 is 63.0 Å². The maximum atomic E-state index is 14.4. The minimum absolute atomic E-state index is 0.0346. The molecule has 1 fully saturated rings. The smallest absolute Gasteiger partial charge is 0.322 e. The Balaban J connectivity index is 1.28. The van der Waals surface area contributed by atoms with Gasteiger partial charge in [-0.25, -0.2) is 0 Å². The van der Waals surface area contributed by atoms with Gasteiger partial charge in [0.15, 0.2) is 5.78 Å². The van der Waals surface area contributed by atoms with Crippen molar-refractivity contribution < 1.29 is 58.4 Å². The van der Waals surface area contributed by atoms with Gasteiger partial charge in [-0.05, 0) is 87.7 Å². The quantitative estimate of drug-likeness (QED) is 0.0294. The zero-order valence-corrected chi connectivity index (χ0v) is 40.9. The van der Waals surface area contributed by atoms with Crippen molar-refractivity contribution in [2.75, 3.05) is 19.6 Å². The fourth-order valence-electron chi connectivity index (χ4n) is 8.23. The summed E-state index contributed by atoms with van der Waals surface area (Å²) in [7, 11) is 0. The number of benzene rings is 4. The molecule has 0 spiro atoms. The summed E-state index contributed by atoms with van der Waals surface area (Å²) in [6.07, 6.45) is -1.12. The van der Waals surface area contributed by atoms with E-state index >= 15 is 0 Å². The van der Waals surface area contributed by atoms with E-state index in [-0.39, 0.29) is 56.9 Å². The van der Waals surface area contributed by atoms with E-state index in [0.717, 1.165) is 5.56 Å². The number of nitrogens with two attached hydrogens (primary N) is 2. The predicted molar refractivity (Wildman–Crippen MR) is 268 cm³/mol. The number of aliphatic hydroxyl groups excluding tert-OH is 1. The number of phenolic OH excluding ortho intramolecular Hbond substituents is 1. The summed E-state index contributed by atoms with van der Waals surface area (Å²) in [5.41, 5.74) is 15.0. The monoisotopic (exact) mass is 1010 g/mol. The second-order valence-electron chi connectivity index (χ2n) is 18.0. The molecular formula is C53H66N8O12. The van der Waals surface area contributed by atoms with Gasteiger partial charge in [-0.3, -0.25) is 38.4 Å². The van der Waals surface area contributed by atoms with Gasteiger partial charge in [0.25, 0.3) is 0 Å². The first-order valence-corrected chi connectivity index (χ1v) is 24.2. The third-order valence-electron chi connectivity index (χ3n) is 12.3. The number of likely N-dealkylation sites (tertiary alicyclic amines) is 1. The lowest BCUT2D eigenvalue weighted by molar-refractivity contribution is -0.145. The van der Waals surface area contributed by atoms with Crippen molar-refractivity contribution in [3.63, 3.8) is 0 Å². The standard InChI is InChI=1S/C53H66N8O12/c1-32(62)45(59-50(69)42(29-35-20-24-39(63)25-21-35)58-48(67)40(55)28-34-18-22-38(23-19-34)47(66)37-14-7-4-8-15-37)53(72)61-27-11-17-43(61)51(70)57-41(16-9-10-26-54)49(68)60-46(52(71)56-30-44(64)65)33(2)73-31-36-12-5-3-6-13-36/h3-8,12-15,18-25,32-33,40-43,45-46,62-63H,9-11,16-17,26-31,54-55H2,1-2H3,(H,56,71)(H,57,70)(H,58,67)(H,59,69)(H,60,68)(H,64,65)/t32-,33-,40+,41+,42+,43+,45+,46+/m1/s1. The third kappa shape index (κ3) is 17.1. The summed E-state index contributed by atoms with van der Waals surface area (Å²) in [6, 6.07) is 22.4. The minimum Gasteiger partial charge on any atom is -0.508 e. The maximum absolute atomic E-state index is 14.4. The second kappa shape index (κ2) is 27.9. The van der Waals surface area contributed by atoms with Crippen LogP contribution in [0, 0.1) is 0 Å². The van der Waals surface area contributed by atoms with Gasteiger partial charge in [0, 0.05) is 24.1 Å². The van der Waals surface area contributed by atoms with E-state index in [2.05, 4.69) is 26.6 Å². The number of amides is 6. The molecule has 73 heavy (non-hydrogen) atoms. The first-order chi connectivity index (χ1) is 34.9. The first-order valence-electron chi connectivity index (χ1n) is 24.2. The summed E-state index contributed by atoms with van der Waals surface area (Å²) >= 11 is 0. The average molecular weight is 1010 g/mol. The van der Waals surface area contributed by atoms with Crippen LogP contribution in [0.1, 0.15) is 78.6 Å². The molecule has 4 aromatic rings. The van der Waals surface area contributed by atoms with Crippen molar-refractivity contribution in [2.45, 2.75) is 114 Å². The lowest BCUT2D eigenvalue weighted by Crippen LogP contribution is -2.62. The molecule has 0 aliphatic carbocycles. The number of nitrogens with zero attached hydrogens (tertiary/aromatic N) is 1. The number of ether oxygens (including phenoxy) is 1.